The molecule has 0 radical (unpaired) electrons. The Bertz CT molecular complexity index is 370. The monoisotopic (exact) mass is 284 g/mol. The van der Waals surface area contributed by atoms with Crippen molar-refractivity contribution in [2.75, 3.05) is 19.8 Å². The molecule has 114 valence electrons. The summed E-state index contributed by atoms with van der Waals surface area (Å²) in [5.74, 6) is -0.119. The third-order valence-corrected chi connectivity index (χ3v) is 4.33. The van der Waals surface area contributed by atoms with Crippen molar-refractivity contribution in [3.63, 3.8) is 0 Å². The molecule has 2 saturated carbocycles. The highest BCUT2D eigenvalue weighted by molar-refractivity contribution is 5.79. The number of rotatable bonds is 7. The highest BCUT2D eigenvalue weighted by Gasteiger charge is 2.45. The zero-order valence-electron chi connectivity index (χ0n) is 12.0. The minimum Gasteiger partial charge on any atom is -0.481 e. The van der Waals surface area contributed by atoms with Gasteiger partial charge in [-0.3, -0.25) is 4.79 Å². The number of carboxylic acid groups (broad SMARTS) is 1. The van der Waals surface area contributed by atoms with E-state index < -0.39 is 11.4 Å². The Hall–Kier alpha value is -1.30. The third-order valence-electron chi connectivity index (χ3n) is 4.33. The molecule has 0 bridgehead atoms. The first-order valence-corrected chi connectivity index (χ1v) is 7.38. The van der Waals surface area contributed by atoms with Gasteiger partial charge in [-0.25, -0.2) is 4.79 Å². The molecule has 0 spiro atoms. The first-order chi connectivity index (χ1) is 9.52. The van der Waals surface area contributed by atoms with Crippen LogP contribution in [0.4, 0.5) is 4.79 Å². The number of amides is 2. The van der Waals surface area contributed by atoms with Crippen molar-refractivity contribution < 1.29 is 19.4 Å². The van der Waals surface area contributed by atoms with E-state index in [0.29, 0.717) is 26.0 Å². The second-order valence-corrected chi connectivity index (χ2v) is 6.09. The first-order valence-electron chi connectivity index (χ1n) is 7.38. The maximum Gasteiger partial charge on any atom is 0.315 e. The predicted molar refractivity (Wildman–Crippen MR) is 73.5 cm³/mol. The van der Waals surface area contributed by atoms with Gasteiger partial charge in [0.1, 0.15) is 0 Å². The molecular weight excluding hydrogens is 260 g/mol. The molecule has 2 rings (SSSR count). The van der Waals surface area contributed by atoms with Crippen LogP contribution in [0.5, 0.6) is 0 Å². The summed E-state index contributed by atoms with van der Waals surface area (Å²) in [5, 5.41) is 14.8. The van der Waals surface area contributed by atoms with Gasteiger partial charge in [-0.2, -0.15) is 0 Å². The Balaban J connectivity index is 1.64. The van der Waals surface area contributed by atoms with Gasteiger partial charge in [-0.05, 0) is 38.5 Å². The molecule has 0 saturated heterocycles. The van der Waals surface area contributed by atoms with Gasteiger partial charge in [0, 0.05) is 19.2 Å². The predicted octanol–water partition coefficient (Wildman–Crippen LogP) is 1.36. The fourth-order valence-electron chi connectivity index (χ4n) is 2.63. The highest BCUT2D eigenvalue weighted by Crippen LogP contribution is 2.38. The second kappa shape index (κ2) is 6.43. The molecule has 2 atom stereocenters. The van der Waals surface area contributed by atoms with Gasteiger partial charge in [0.15, 0.2) is 0 Å². The van der Waals surface area contributed by atoms with E-state index in [2.05, 4.69) is 10.6 Å². The number of ether oxygens (including phenoxy) is 1. The Kier molecular flexibility index (Phi) is 4.86. The van der Waals surface area contributed by atoms with Gasteiger partial charge in [0.2, 0.25) is 0 Å². The molecule has 2 fully saturated rings. The molecule has 2 unspecified atom stereocenters. The number of aliphatic carboxylic acids is 1. The number of hydrogen-bond acceptors (Lipinski definition) is 3. The van der Waals surface area contributed by atoms with E-state index in [9.17, 15) is 14.7 Å². The van der Waals surface area contributed by atoms with Crippen LogP contribution in [0.1, 0.15) is 39.0 Å². The number of carbonyl (C=O) groups excluding carboxylic acids is 1. The van der Waals surface area contributed by atoms with E-state index >= 15 is 0 Å². The molecule has 2 amide bonds. The summed E-state index contributed by atoms with van der Waals surface area (Å²) in [4.78, 5) is 23.0. The van der Waals surface area contributed by atoms with Gasteiger partial charge >= 0.3 is 12.0 Å². The maximum atomic E-state index is 11.7. The fraction of sp³-hybridized carbons (Fsp3) is 0.857. The minimum absolute atomic E-state index is 0.299. The van der Waals surface area contributed by atoms with Crippen LogP contribution in [0, 0.1) is 11.3 Å². The van der Waals surface area contributed by atoms with Crippen molar-refractivity contribution in [1.82, 2.24) is 10.6 Å². The van der Waals surface area contributed by atoms with E-state index in [1.807, 2.05) is 0 Å². The summed E-state index contributed by atoms with van der Waals surface area (Å²) in [5.41, 5.74) is -0.847. The molecule has 2 aliphatic carbocycles. The van der Waals surface area contributed by atoms with Crippen LogP contribution in [-0.2, 0) is 9.53 Å². The van der Waals surface area contributed by atoms with E-state index in [1.54, 1.807) is 6.92 Å². The van der Waals surface area contributed by atoms with Crippen molar-refractivity contribution >= 4 is 12.0 Å². The topological polar surface area (TPSA) is 87.7 Å². The molecule has 0 aromatic carbocycles. The van der Waals surface area contributed by atoms with Crippen LogP contribution in [0.25, 0.3) is 0 Å². The lowest BCUT2D eigenvalue weighted by Crippen LogP contribution is -2.50. The molecule has 20 heavy (non-hydrogen) atoms. The second-order valence-electron chi connectivity index (χ2n) is 6.09. The number of carboxylic acids is 1. The van der Waals surface area contributed by atoms with Crippen LogP contribution >= 0.6 is 0 Å². The fourth-order valence-corrected chi connectivity index (χ4v) is 2.63. The van der Waals surface area contributed by atoms with Crippen molar-refractivity contribution in [2.45, 2.75) is 45.1 Å². The van der Waals surface area contributed by atoms with Crippen LogP contribution in [0.2, 0.25) is 0 Å². The lowest BCUT2D eigenvalue weighted by Gasteiger charge is -2.27. The van der Waals surface area contributed by atoms with Crippen molar-refractivity contribution in [3.8, 4) is 0 Å². The van der Waals surface area contributed by atoms with Gasteiger partial charge < -0.3 is 20.5 Å². The SMILES string of the molecule is CC1(C(=O)O)CCCC1NC(=O)NCCOCC1CC1. The summed E-state index contributed by atoms with van der Waals surface area (Å²) in [6.45, 7) is 3.44. The first kappa shape index (κ1) is 15.1. The minimum atomic E-state index is -0.847. The van der Waals surface area contributed by atoms with Crippen LogP contribution in [0.15, 0.2) is 0 Å². The maximum absolute atomic E-state index is 11.7. The summed E-state index contributed by atoms with van der Waals surface area (Å²) in [7, 11) is 0. The normalized spacial score (nSPS) is 29.1. The third kappa shape index (κ3) is 3.85. The van der Waals surface area contributed by atoms with Crippen molar-refractivity contribution in [3.05, 3.63) is 0 Å². The largest absolute Gasteiger partial charge is 0.481 e. The summed E-state index contributed by atoms with van der Waals surface area (Å²) >= 11 is 0. The standard InChI is InChI=1S/C14H24N2O4/c1-14(12(17)18)6-2-3-11(14)16-13(19)15-7-8-20-9-10-4-5-10/h10-11H,2-9H2,1H3,(H,17,18)(H2,15,16,19). The van der Waals surface area contributed by atoms with Gasteiger partial charge in [-0.15, -0.1) is 0 Å². The zero-order chi connectivity index (χ0) is 14.6. The number of urea groups is 1. The highest BCUT2D eigenvalue weighted by atomic mass is 16.5. The molecule has 3 N–H and O–H groups in total. The lowest BCUT2D eigenvalue weighted by molar-refractivity contribution is -0.148. The van der Waals surface area contributed by atoms with E-state index in [1.165, 1.54) is 12.8 Å². The van der Waals surface area contributed by atoms with E-state index in [0.717, 1.165) is 18.9 Å². The number of hydrogen-bond donors (Lipinski definition) is 3. The average Bonchev–Trinajstić information content (AvgIpc) is 3.14. The zero-order valence-corrected chi connectivity index (χ0v) is 12.0. The lowest BCUT2D eigenvalue weighted by atomic mass is 9.85. The van der Waals surface area contributed by atoms with Crippen molar-refractivity contribution in [2.24, 2.45) is 11.3 Å². The number of carbonyl (C=O) groups is 2. The Morgan fingerprint density at radius 1 is 1.35 bits per heavy atom. The van der Waals surface area contributed by atoms with E-state index in [-0.39, 0.29) is 12.1 Å². The van der Waals surface area contributed by atoms with Gasteiger partial charge in [-0.1, -0.05) is 6.42 Å². The summed E-state index contributed by atoms with van der Waals surface area (Å²) < 4.78 is 5.42. The summed E-state index contributed by atoms with van der Waals surface area (Å²) in [6, 6.07) is -0.605. The molecule has 0 aromatic rings. The van der Waals surface area contributed by atoms with Gasteiger partial charge in [0.25, 0.3) is 0 Å². The Morgan fingerprint density at radius 3 is 2.75 bits per heavy atom. The smallest absolute Gasteiger partial charge is 0.315 e. The molecule has 0 aliphatic heterocycles. The Labute approximate surface area is 119 Å². The van der Waals surface area contributed by atoms with Crippen LogP contribution < -0.4 is 10.6 Å². The Morgan fingerprint density at radius 2 is 2.10 bits per heavy atom. The van der Waals surface area contributed by atoms with Crippen LogP contribution in [0.3, 0.4) is 0 Å². The molecule has 6 nitrogen and oxygen atoms in total. The van der Waals surface area contributed by atoms with Crippen molar-refractivity contribution in [1.29, 1.82) is 0 Å². The molecule has 0 aromatic heterocycles. The quantitative estimate of drug-likeness (QED) is 0.616. The van der Waals surface area contributed by atoms with Crippen LogP contribution in [-0.4, -0.2) is 42.9 Å². The van der Waals surface area contributed by atoms with E-state index in [4.69, 9.17) is 4.74 Å². The molecular formula is C14H24N2O4. The number of nitrogens with one attached hydrogen (secondary N) is 2. The summed E-state index contributed by atoms with van der Waals surface area (Å²) in [6.07, 6.45) is 4.66. The van der Waals surface area contributed by atoms with Gasteiger partial charge in [0.05, 0.1) is 12.0 Å². The average molecular weight is 284 g/mol. The molecule has 0 heterocycles. The molecule has 2 aliphatic rings. The molecule has 6 heteroatoms.